The molecular weight excluding hydrogens is 458 g/mol. The first kappa shape index (κ1) is 26.1. The lowest BCUT2D eigenvalue weighted by Gasteiger charge is -2.36. The van der Waals surface area contributed by atoms with Gasteiger partial charge in [0.25, 0.3) is 0 Å². The van der Waals surface area contributed by atoms with Crippen LogP contribution in [0.4, 0.5) is 0 Å². The molecule has 0 saturated carbocycles. The summed E-state index contributed by atoms with van der Waals surface area (Å²) < 4.78 is 0. The molecule has 3 aromatic carbocycles. The molecule has 0 atom stereocenters. The van der Waals surface area contributed by atoms with Crippen LogP contribution in [0.3, 0.4) is 0 Å². The Morgan fingerprint density at radius 2 is 1.18 bits per heavy atom. The van der Waals surface area contributed by atoms with Crippen molar-refractivity contribution in [3.05, 3.63) is 108 Å². The SMILES string of the molecule is CC(=O)CCCSSCCNC(=O)CCC(c1ccccc1)(c1ccccc1)c1ccccc1. The molecule has 34 heavy (non-hydrogen) atoms. The Kier molecular flexibility index (Phi) is 10.8. The zero-order chi connectivity index (χ0) is 24.1. The topological polar surface area (TPSA) is 46.2 Å². The van der Waals surface area contributed by atoms with Gasteiger partial charge in [-0.15, -0.1) is 0 Å². The van der Waals surface area contributed by atoms with Gasteiger partial charge in [-0.2, -0.15) is 0 Å². The van der Waals surface area contributed by atoms with E-state index in [9.17, 15) is 9.59 Å². The number of hydrogen-bond donors (Lipinski definition) is 1. The lowest BCUT2D eigenvalue weighted by Crippen LogP contribution is -2.33. The van der Waals surface area contributed by atoms with E-state index < -0.39 is 5.41 Å². The van der Waals surface area contributed by atoms with E-state index in [1.807, 2.05) is 18.2 Å². The third-order valence-electron chi connectivity index (χ3n) is 5.87. The second kappa shape index (κ2) is 14.0. The Morgan fingerprint density at radius 1 is 0.706 bits per heavy atom. The molecule has 1 N–H and O–H groups in total. The third-order valence-corrected chi connectivity index (χ3v) is 8.37. The third kappa shape index (κ3) is 7.51. The minimum absolute atomic E-state index is 0.0781. The van der Waals surface area contributed by atoms with Gasteiger partial charge in [-0.05, 0) is 36.5 Å². The zero-order valence-corrected chi connectivity index (χ0v) is 21.4. The molecule has 3 rings (SSSR count). The highest BCUT2D eigenvalue weighted by molar-refractivity contribution is 8.76. The van der Waals surface area contributed by atoms with Gasteiger partial charge >= 0.3 is 0 Å². The fourth-order valence-electron chi connectivity index (χ4n) is 4.22. The van der Waals surface area contributed by atoms with E-state index in [2.05, 4.69) is 78.1 Å². The van der Waals surface area contributed by atoms with Gasteiger partial charge in [0.1, 0.15) is 5.78 Å². The summed E-state index contributed by atoms with van der Waals surface area (Å²) in [7, 11) is 3.52. The van der Waals surface area contributed by atoms with Crippen LogP contribution in [0, 0.1) is 0 Å². The Labute approximate surface area is 211 Å². The molecule has 1 amide bonds. The van der Waals surface area contributed by atoms with Crippen molar-refractivity contribution < 1.29 is 9.59 Å². The first-order valence-corrected chi connectivity index (χ1v) is 14.3. The Bertz CT molecular complexity index is 913. The van der Waals surface area contributed by atoms with Gasteiger partial charge in [0.2, 0.25) is 5.91 Å². The molecule has 0 saturated heterocycles. The summed E-state index contributed by atoms with van der Waals surface area (Å²) in [5.41, 5.74) is 3.18. The first-order valence-electron chi connectivity index (χ1n) is 11.8. The van der Waals surface area contributed by atoms with E-state index in [0.29, 0.717) is 25.8 Å². The molecule has 0 aliphatic rings. The number of ketones is 1. The number of hydrogen-bond acceptors (Lipinski definition) is 4. The van der Waals surface area contributed by atoms with E-state index >= 15 is 0 Å². The van der Waals surface area contributed by atoms with Gasteiger partial charge in [-0.25, -0.2) is 0 Å². The smallest absolute Gasteiger partial charge is 0.220 e. The highest BCUT2D eigenvalue weighted by Crippen LogP contribution is 2.42. The van der Waals surface area contributed by atoms with E-state index in [-0.39, 0.29) is 11.7 Å². The highest BCUT2D eigenvalue weighted by atomic mass is 33.1. The summed E-state index contributed by atoms with van der Waals surface area (Å²) in [6.07, 6.45) is 2.69. The average Bonchev–Trinajstić information content (AvgIpc) is 2.88. The number of rotatable bonds is 14. The monoisotopic (exact) mass is 491 g/mol. The van der Waals surface area contributed by atoms with Crippen LogP contribution in [0.15, 0.2) is 91.0 Å². The standard InChI is InChI=1S/C29H33NO2S2/c1-24(31)12-11-22-33-34-23-21-30-28(32)19-20-29(25-13-5-2-6-14-25,26-15-7-3-8-16-26)27-17-9-4-10-18-27/h2-10,13-18H,11-12,19-23H2,1H3,(H,30,32). The summed E-state index contributed by atoms with van der Waals surface area (Å²) >= 11 is 0. The van der Waals surface area contributed by atoms with Crippen LogP contribution >= 0.6 is 21.6 Å². The number of Topliss-reactive ketones (excluding diaryl/α,β-unsaturated/α-hetero) is 1. The largest absolute Gasteiger partial charge is 0.355 e. The average molecular weight is 492 g/mol. The number of carbonyl (C=O) groups is 2. The van der Waals surface area contributed by atoms with E-state index in [1.165, 1.54) is 16.7 Å². The van der Waals surface area contributed by atoms with E-state index in [1.54, 1.807) is 28.5 Å². The molecule has 0 radical (unpaired) electrons. The summed E-state index contributed by atoms with van der Waals surface area (Å²) in [6, 6.07) is 31.5. The van der Waals surface area contributed by atoms with Crippen LogP contribution in [-0.4, -0.2) is 29.7 Å². The summed E-state index contributed by atoms with van der Waals surface area (Å²) in [4.78, 5) is 23.8. The number of amides is 1. The van der Waals surface area contributed by atoms with Crippen LogP contribution < -0.4 is 5.32 Å². The molecular formula is C29H33NO2S2. The lowest BCUT2D eigenvalue weighted by atomic mass is 9.66. The molecule has 0 spiro atoms. The molecule has 0 bridgehead atoms. The molecule has 0 aliphatic carbocycles. The second-order valence-electron chi connectivity index (χ2n) is 8.30. The van der Waals surface area contributed by atoms with E-state index in [0.717, 1.165) is 17.9 Å². The molecule has 0 unspecified atom stereocenters. The predicted molar refractivity (Wildman–Crippen MR) is 146 cm³/mol. The molecule has 0 fully saturated rings. The highest BCUT2D eigenvalue weighted by Gasteiger charge is 2.36. The van der Waals surface area contributed by atoms with Crippen LogP contribution in [0.5, 0.6) is 0 Å². The fourth-order valence-corrected chi connectivity index (χ4v) is 6.21. The number of benzene rings is 3. The van der Waals surface area contributed by atoms with Crippen molar-refractivity contribution in [2.75, 3.05) is 18.1 Å². The Balaban J connectivity index is 1.66. The van der Waals surface area contributed by atoms with Crippen molar-refractivity contribution in [1.82, 2.24) is 5.32 Å². The van der Waals surface area contributed by atoms with Crippen molar-refractivity contribution in [2.24, 2.45) is 0 Å². The van der Waals surface area contributed by atoms with Gasteiger partial charge in [-0.3, -0.25) is 4.79 Å². The summed E-state index contributed by atoms with van der Waals surface area (Å²) in [5.74, 6) is 2.15. The van der Waals surface area contributed by atoms with Crippen LogP contribution in [0.1, 0.15) is 49.3 Å². The Hall–Kier alpha value is -2.50. The first-order chi connectivity index (χ1) is 16.6. The van der Waals surface area contributed by atoms with Crippen LogP contribution in [-0.2, 0) is 15.0 Å². The maximum atomic E-state index is 12.8. The molecule has 3 aromatic rings. The molecule has 178 valence electrons. The van der Waals surface area contributed by atoms with Crippen molar-refractivity contribution >= 4 is 33.3 Å². The van der Waals surface area contributed by atoms with Gasteiger partial charge in [0, 0.05) is 36.3 Å². The van der Waals surface area contributed by atoms with Crippen molar-refractivity contribution in [2.45, 2.75) is 38.0 Å². The molecule has 0 aromatic heterocycles. The predicted octanol–water partition coefficient (Wildman–Crippen LogP) is 6.67. The molecule has 0 heterocycles. The maximum Gasteiger partial charge on any atom is 0.220 e. The molecule has 0 aliphatic heterocycles. The van der Waals surface area contributed by atoms with Gasteiger partial charge in [0.15, 0.2) is 0 Å². The quantitative estimate of drug-likeness (QED) is 0.155. The van der Waals surface area contributed by atoms with Crippen LogP contribution in [0.25, 0.3) is 0 Å². The normalized spacial score (nSPS) is 11.2. The maximum absolute atomic E-state index is 12.8. The minimum atomic E-state index is -0.400. The van der Waals surface area contributed by atoms with Gasteiger partial charge in [0.05, 0.1) is 0 Å². The molecule has 3 nitrogen and oxygen atoms in total. The van der Waals surface area contributed by atoms with Crippen LogP contribution in [0.2, 0.25) is 0 Å². The van der Waals surface area contributed by atoms with Crippen molar-refractivity contribution in [3.63, 3.8) is 0 Å². The second-order valence-corrected chi connectivity index (χ2v) is 11.0. The lowest BCUT2D eigenvalue weighted by molar-refractivity contribution is -0.121. The van der Waals surface area contributed by atoms with Gasteiger partial charge in [-0.1, -0.05) is 113 Å². The van der Waals surface area contributed by atoms with Crippen molar-refractivity contribution in [3.8, 4) is 0 Å². The van der Waals surface area contributed by atoms with E-state index in [4.69, 9.17) is 0 Å². The van der Waals surface area contributed by atoms with Crippen molar-refractivity contribution in [1.29, 1.82) is 0 Å². The zero-order valence-electron chi connectivity index (χ0n) is 19.7. The number of nitrogens with one attached hydrogen (secondary N) is 1. The fraction of sp³-hybridized carbons (Fsp3) is 0.310. The summed E-state index contributed by atoms with van der Waals surface area (Å²) in [5, 5.41) is 3.09. The number of carbonyl (C=O) groups excluding carboxylic acids is 2. The Morgan fingerprint density at radius 3 is 1.65 bits per heavy atom. The minimum Gasteiger partial charge on any atom is -0.355 e. The molecule has 5 heteroatoms. The van der Waals surface area contributed by atoms with Gasteiger partial charge < -0.3 is 10.1 Å². The summed E-state index contributed by atoms with van der Waals surface area (Å²) in [6.45, 7) is 2.29.